The number of nitrogens with zero attached hydrogens (tertiary/aromatic N) is 2. The minimum absolute atomic E-state index is 0.438. The summed E-state index contributed by atoms with van der Waals surface area (Å²) in [7, 11) is 0. The van der Waals surface area contributed by atoms with Gasteiger partial charge < -0.3 is 19.9 Å². The van der Waals surface area contributed by atoms with E-state index < -0.39 is 5.76 Å². The number of hydrogen-bond donors (Lipinski definition) is 3. The van der Waals surface area contributed by atoms with Crippen LogP contribution in [0.25, 0.3) is 11.1 Å². The molecule has 0 aliphatic carbocycles. The standard InChI is InChI=1S/C20H17N5O4/c1-11-10-21-19(23-14-3-2-12-6-7-27-29-17(12)9-14)25-18(11)22-13-4-5-16-15(8-13)24-20(26)28-16/h2-5,8-10H,6-7H2,1H3,(H,24,26)(H2,21,22,23,25). The number of aromatic nitrogens is 3. The van der Waals surface area contributed by atoms with Gasteiger partial charge in [0, 0.05) is 41.2 Å². The first-order valence-electron chi connectivity index (χ1n) is 9.07. The van der Waals surface area contributed by atoms with Gasteiger partial charge in [0.05, 0.1) is 12.1 Å². The van der Waals surface area contributed by atoms with Crippen molar-refractivity contribution in [3.8, 4) is 5.75 Å². The second-order valence-electron chi connectivity index (χ2n) is 6.68. The molecule has 3 heterocycles. The quantitative estimate of drug-likeness (QED) is 0.452. The van der Waals surface area contributed by atoms with Gasteiger partial charge in [0.1, 0.15) is 5.82 Å². The molecular weight excluding hydrogens is 374 g/mol. The van der Waals surface area contributed by atoms with E-state index in [-0.39, 0.29) is 0 Å². The van der Waals surface area contributed by atoms with Crippen molar-refractivity contribution >= 4 is 34.2 Å². The highest BCUT2D eigenvalue weighted by Gasteiger charge is 2.13. The predicted octanol–water partition coefficient (Wildman–Crippen LogP) is 3.57. The Bertz CT molecular complexity index is 1260. The Morgan fingerprint density at radius 2 is 1.97 bits per heavy atom. The topological polar surface area (TPSA) is 114 Å². The van der Waals surface area contributed by atoms with E-state index in [0.29, 0.717) is 35.2 Å². The van der Waals surface area contributed by atoms with E-state index in [1.807, 2.05) is 31.2 Å². The number of anilines is 4. The molecule has 1 aliphatic rings. The first-order valence-corrected chi connectivity index (χ1v) is 9.07. The van der Waals surface area contributed by atoms with Crippen LogP contribution in [0.2, 0.25) is 0 Å². The lowest BCUT2D eigenvalue weighted by Crippen LogP contribution is -2.11. The Hall–Kier alpha value is -3.85. The Morgan fingerprint density at radius 3 is 2.90 bits per heavy atom. The molecule has 0 saturated carbocycles. The Balaban J connectivity index is 1.40. The van der Waals surface area contributed by atoms with E-state index in [9.17, 15) is 4.79 Å². The van der Waals surface area contributed by atoms with Gasteiger partial charge in [0.25, 0.3) is 0 Å². The number of aromatic amines is 1. The van der Waals surface area contributed by atoms with E-state index in [4.69, 9.17) is 14.2 Å². The molecule has 4 aromatic rings. The van der Waals surface area contributed by atoms with E-state index in [2.05, 4.69) is 25.6 Å². The maximum absolute atomic E-state index is 11.3. The third-order valence-corrected chi connectivity index (χ3v) is 4.58. The fraction of sp³-hybridized carbons (Fsp3) is 0.150. The molecule has 5 rings (SSSR count). The highest BCUT2D eigenvalue weighted by molar-refractivity contribution is 5.78. The molecule has 3 N–H and O–H groups in total. The van der Waals surface area contributed by atoms with Crippen LogP contribution in [0.1, 0.15) is 11.1 Å². The molecular formula is C20H17N5O4. The first-order chi connectivity index (χ1) is 14.1. The lowest BCUT2D eigenvalue weighted by Gasteiger charge is -2.16. The molecule has 0 radical (unpaired) electrons. The van der Waals surface area contributed by atoms with Crippen LogP contribution >= 0.6 is 0 Å². The van der Waals surface area contributed by atoms with Crippen molar-refractivity contribution in [1.29, 1.82) is 0 Å². The third kappa shape index (κ3) is 3.50. The second-order valence-corrected chi connectivity index (χ2v) is 6.68. The van der Waals surface area contributed by atoms with Crippen molar-refractivity contribution in [3.63, 3.8) is 0 Å². The first kappa shape index (κ1) is 17.3. The van der Waals surface area contributed by atoms with Crippen LogP contribution in [0.5, 0.6) is 5.75 Å². The number of oxazole rings is 1. The Kier molecular flexibility index (Phi) is 4.14. The van der Waals surface area contributed by atoms with E-state index >= 15 is 0 Å². The maximum Gasteiger partial charge on any atom is 0.417 e. The van der Waals surface area contributed by atoms with Crippen molar-refractivity contribution in [2.24, 2.45) is 0 Å². The molecule has 9 heteroatoms. The van der Waals surface area contributed by atoms with Crippen molar-refractivity contribution < 1.29 is 14.2 Å². The maximum atomic E-state index is 11.3. The molecule has 0 spiro atoms. The van der Waals surface area contributed by atoms with Gasteiger partial charge in [-0.05, 0) is 31.2 Å². The minimum Gasteiger partial charge on any atom is -0.408 e. The van der Waals surface area contributed by atoms with Crippen LogP contribution in [0.4, 0.5) is 23.1 Å². The molecule has 0 bridgehead atoms. The van der Waals surface area contributed by atoms with Crippen LogP contribution < -0.4 is 21.3 Å². The third-order valence-electron chi connectivity index (χ3n) is 4.58. The molecule has 146 valence electrons. The number of fused-ring (bicyclic) bond motifs is 2. The summed E-state index contributed by atoms with van der Waals surface area (Å²) in [4.78, 5) is 33.1. The summed E-state index contributed by atoms with van der Waals surface area (Å²) in [6.07, 6.45) is 2.55. The average Bonchev–Trinajstić information content (AvgIpc) is 3.10. The summed E-state index contributed by atoms with van der Waals surface area (Å²) in [5.41, 5.74) is 4.64. The average molecular weight is 391 g/mol. The molecule has 1 aliphatic heterocycles. The molecule has 0 amide bonds. The molecule has 9 nitrogen and oxygen atoms in total. The zero-order valence-corrected chi connectivity index (χ0v) is 15.5. The van der Waals surface area contributed by atoms with Crippen molar-refractivity contribution in [2.75, 3.05) is 17.2 Å². The molecule has 0 unspecified atom stereocenters. The van der Waals surface area contributed by atoms with E-state index in [0.717, 1.165) is 28.9 Å². The normalized spacial score (nSPS) is 13.0. The summed E-state index contributed by atoms with van der Waals surface area (Å²) in [5.74, 6) is 1.29. The van der Waals surface area contributed by atoms with Gasteiger partial charge in [0.15, 0.2) is 11.3 Å². The number of H-pyrrole nitrogens is 1. The fourth-order valence-electron chi connectivity index (χ4n) is 3.10. The van der Waals surface area contributed by atoms with Gasteiger partial charge in [-0.25, -0.2) is 9.78 Å². The molecule has 0 fully saturated rings. The molecule has 2 aromatic heterocycles. The van der Waals surface area contributed by atoms with Crippen LogP contribution in [0.3, 0.4) is 0 Å². The summed E-state index contributed by atoms with van der Waals surface area (Å²) in [6, 6.07) is 11.1. The monoisotopic (exact) mass is 391 g/mol. The van der Waals surface area contributed by atoms with Crippen LogP contribution in [-0.2, 0) is 11.3 Å². The van der Waals surface area contributed by atoms with Gasteiger partial charge in [0.2, 0.25) is 5.95 Å². The van der Waals surface area contributed by atoms with Crippen molar-refractivity contribution in [2.45, 2.75) is 13.3 Å². The van der Waals surface area contributed by atoms with Gasteiger partial charge in [-0.2, -0.15) is 9.87 Å². The SMILES string of the molecule is Cc1cnc(Nc2ccc3c(c2)OOCC3)nc1Nc1ccc2oc(=O)[nH]c2c1. The number of rotatable bonds is 4. The highest BCUT2D eigenvalue weighted by atomic mass is 17.2. The number of nitrogens with one attached hydrogen (secondary N) is 3. The van der Waals surface area contributed by atoms with Crippen LogP contribution in [0, 0.1) is 6.92 Å². The van der Waals surface area contributed by atoms with Crippen LogP contribution in [0.15, 0.2) is 51.8 Å². The van der Waals surface area contributed by atoms with E-state index in [1.54, 1.807) is 18.3 Å². The number of benzene rings is 2. The summed E-state index contributed by atoms with van der Waals surface area (Å²) < 4.78 is 5.03. The van der Waals surface area contributed by atoms with Gasteiger partial charge in [-0.15, -0.1) is 0 Å². The fourth-order valence-corrected chi connectivity index (χ4v) is 3.10. The molecule has 0 atom stereocenters. The minimum atomic E-state index is -0.485. The predicted molar refractivity (Wildman–Crippen MR) is 107 cm³/mol. The zero-order valence-electron chi connectivity index (χ0n) is 15.5. The zero-order chi connectivity index (χ0) is 19.8. The van der Waals surface area contributed by atoms with Gasteiger partial charge in [-0.3, -0.25) is 4.98 Å². The molecule has 29 heavy (non-hydrogen) atoms. The van der Waals surface area contributed by atoms with Crippen LogP contribution in [-0.4, -0.2) is 21.6 Å². The molecule has 2 aromatic carbocycles. The lowest BCUT2D eigenvalue weighted by molar-refractivity contribution is -0.215. The second kappa shape index (κ2) is 6.95. The smallest absolute Gasteiger partial charge is 0.408 e. The Morgan fingerprint density at radius 1 is 1.10 bits per heavy atom. The summed E-state index contributed by atoms with van der Waals surface area (Å²) in [6.45, 7) is 2.46. The highest BCUT2D eigenvalue weighted by Crippen LogP contribution is 2.29. The largest absolute Gasteiger partial charge is 0.417 e. The Labute approximate surface area is 164 Å². The number of hydrogen-bond acceptors (Lipinski definition) is 8. The number of aryl methyl sites for hydroxylation is 1. The van der Waals surface area contributed by atoms with Gasteiger partial charge in [-0.1, -0.05) is 6.07 Å². The van der Waals surface area contributed by atoms with Crippen molar-refractivity contribution in [1.82, 2.24) is 15.0 Å². The lowest BCUT2D eigenvalue weighted by atomic mass is 10.1. The van der Waals surface area contributed by atoms with E-state index in [1.165, 1.54) is 0 Å². The summed E-state index contributed by atoms with van der Waals surface area (Å²) >= 11 is 0. The molecule has 0 saturated heterocycles. The van der Waals surface area contributed by atoms with Gasteiger partial charge >= 0.3 is 5.76 Å². The van der Waals surface area contributed by atoms with Crippen molar-refractivity contribution in [3.05, 3.63) is 64.3 Å². The summed E-state index contributed by atoms with van der Waals surface area (Å²) in [5, 5.41) is 6.43.